The molecule has 0 spiro atoms. The number of azo groups is 2. The molecule has 1 radical (unpaired) electrons. The Balaban J connectivity index is 0.00000462. The number of carboxylic acids is 2. The molecule has 0 aliphatic rings. The van der Waals surface area contributed by atoms with Gasteiger partial charge in [0.1, 0.15) is 22.6 Å². The fraction of sp³-hybridized carbons (Fsp3) is 0. The van der Waals surface area contributed by atoms with Crippen molar-refractivity contribution >= 4 is 81.7 Å². The van der Waals surface area contributed by atoms with Crippen molar-refractivity contribution in [3.63, 3.8) is 0 Å². The van der Waals surface area contributed by atoms with Crippen molar-refractivity contribution in [3.8, 4) is 11.5 Å². The van der Waals surface area contributed by atoms with E-state index in [1.807, 2.05) is 0 Å². The second-order valence-electron chi connectivity index (χ2n) is 8.09. The number of benzene rings is 4. The summed E-state index contributed by atoms with van der Waals surface area (Å²) in [7, 11) is 0. The van der Waals surface area contributed by atoms with Gasteiger partial charge in [-0.2, -0.15) is 20.5 Å². The summed E-state index contributed by atoms with van der Waals surface area (Å²) in [6.07, 6.45) is 0. The minimum Gasteiger partial charge on any atom is -0.507 e. The van der Waals surface area contributed by atoms with Gasteiger partial charge in [-0.1, -0.05) is 0 Å². The number of hydrogen-bond acceptors (Lipinski definition) is 9. The van der Waals surface area contributed by atoms with Crippen LogP contribution in [0.15, 0.2) is 105 Å². The monoisotopic (exact) mass is 563 g/mol. The first-order valence-corrected chi connectivity index (χ1v) is 11.4. The summed E-state index contributed by atoms with van der Waals surface area (Å²) in [6.45, 7) is 0. The molecule has 0 aliphatic carbocycles. The maximum absolute atomic E-state index is 12.4. The van der Waals surface area contributed by atoms with E-state index in [2.05, 4.69) is 31.1 Å². The van der Waals surface area contributed by atoms with Gasteiger partial charge in [0.25, 0.3) is 0 Å². The third-order valence-electron chi connectivity index (χ3n) is 5.23. The number of carbonyl (C=O) groups excluding carboxylic acids is 1. The fourth-order valence-corrected chi connectivity index (χ4v) is 3.26. The van der Waals surface area contributed by atoms with E-state index < -0.39 is 18.0 Å². The number of anilines is 2. The van der Waals surface area contributed by atoms with Crippen LogP contribution in [0.25, 0.3) is 0 Å². The Kier molecular flexibility index (Phi) is 10.2. The number of aromatic carboxylic acids is 2. The standard InChI is InChI=1S/C27H20N6O7.Na/c34-23-11-9-19(13-21(23)25(36)37)32-30-17-5-1-15(2-6-17)28-27(40)29-16-3-7-18(8-4-16)31-33-20-10-12-24(35)22(14-20)26(38)39;/h1-14,34-35H,(H,36,37)(H,38,39)(H2,28,29,40);. The smallest absolute Gasteiger partial charge is 0.339 e. The van der Waals surface area contributed by atoms with Gasteiger partial charge in [-0.15, -0.1) is 0 Å². The number of nitrogens with zero attached hydrogens (tertiary/aromatic N) is 4. The Bertz CT molecular complexity index is 1520. The van der Waals surface area contributed by atoms with Crippen LogP contribution >= 0.6 is 0 Å². The molecule has 0 bridgehead atoms. The molecule has 4 aromatic carbocycles. The predicted molar refractivity (Wildman–Crippen MR) is 150 cm³/mol. The van der Waals surface area contributed by atoms with Gasteiger partial charge in [0.15, 0.2) is 0 Å². The van der Waals surface area contributed by atoms with Crippen LogP contribution < -0.4 is 10.6 Å². The molecule has 0 atom stereocenters. The Morgan fingerprint density at radius 3 is 1.17 bits per heavy atom. The van der Waals surface area contributed by atoms with Crippen LogP contribution in [0.1, 0.15) is 20.7 Å². The summed E-state index contributed by atoms with van der Waals surface area (Å²) in [5, 5.41) is 58.6. The van der Waals surface area contributed by atoms with Gasteiger partial charge >= 0.3 is 18.0 Å². The van der Waals surface area contributed by atoms with Crippen molar-refractivity contribution in [1.82, 2.24) is 0 Å². The normalized spacial score (nSPS) is 10.7. The quantitative estimate of drug-likeness (QED) is 0.102. The molecule has 41 heavy (non-hydrogen) atoms. The van der Waals surface area contributed by atoms with Gasteiger partial charge in [-0.05, 0) is 84.9 Å². The van der Waals surface area contributed by atoms with Gasteiger partial charge in [-0.3, -0.25) is 0 Å². The minimum atomic E-state index is -1.28. The molecule has 4 rings (SSSR count). The van der Waals surface area contributed by atoms with E-state index in [4.69, 9.17) is 10.2 Å². The molecule has 201 valence electrons. The molecule has 0 heterocycles. The van der Waals surface area contributed by atoms with Crippen molar-refractivity contribution < 1.29 is 34.8 Å². The zero-order chi connectivity index (χ0) is 28.6. The molecule has 4 aromatic rings. The Morgan fingerprint density at radius 2 is 0.829 bits per heavy atom. The first-order valence-electron chi connectivity index (χ1n) is 11.4. The first-order chi connectivity index (χ1) is 19.2. The summed E-state index contributed by atoms with van der Waals surface area (Å²) in [5.41, 5.74) is 1.79. The molecule has 6 N–H and O–H groups in total. The SMILES string of the molecule is O=C(Nc1ccc(N=Nc2ccc(O)c(C(=O)O)c2)cc1)Nc1ccc(N=Nc2ccc(O)c(C(=O)O)c2)cc1.[Na]. The van der Waals surface area contributed by atoms with E-state index in [1.54, 1.807) is 48.5 Å². The first kappa shape index (κ1) is 30.4. The molecule has 14 heteroatoms. The third-order valence-corrected chi connectivity index (χ3v) is 5.23. The minimum absolute atomic E-state index is 0. The van der Waals surface area contributed by atoms with Crippen molar-refractivity contribution in [2.45, 2.75) is 0 Å². The Hall–Kier alpha value is -5.11. The molecule has 0 saturated heterocycles. The zero-order valence-electron chi connectivity index (χ0n) is 21.4. The Morgan fingerprint density at radius 1 is 0.512 bits per heavy atom. The van der Waals surface area contributed by atoms with E-state index in [0.717, 1.165) is 0 Å². The van der Waals surface area contributed by atoms with Gasteiger partial charge in [0, 0.05) is 40.9 Å². The zero-order valence-corrected chi connectivity index (χ0v) is 23.4. The summed E-state index contributed by atoms with van der Waals surface area (Å²) in [4.78, 5) is 34.6. The molecule has 0 aliphatic heterocycles. The molecule has 0 aromatic heterocycles. The number of nitrogens with one attached hydrogen (secondary N) is 2. The number of urea groups is 1. The average Bonchev–Trinajstić information content (AvgIpc) is 2.93. The fourth-order valence-electron chi connectivity index (χ4n) is 3.26. The van der Waals surface area contributed by atoms with Crippen LogP contribution in [0.3, 0.4) is 0 Å². The second kappa shape index (κ2) is 13.8. The number of aromatic hydroxyl groups is 2. The van der Waals surface area contributed by atoms with Crippen molar-refractivity contribution in [3.05, 3.63) is 96.1 Å². The maximum atomic E-state index is 12.4. The molecule has 0 saturated carbocycles. The van der Waals surface area contributed by atoms with Crippen LogP contribution in [0, 0.1) is 0 Å². The van der Waals surface area contributed by atoms with Crippen LogP contribution in [0.2, 0.25) is 0 Å². The van der Waals surface area contributed by atoms with E-state index in [-0.39, 0.29) is 63.6 Å². The predicted octanol–water partition coefficient (Wildman–Crippen LogP) is 6.59. The Labute approximate surface area is 254 Å². The number of carbonyl (C=O) groups is 3. The average molecular weight is 563 g/mol. The maximum Gasteiger partial charge on any atom is 0.339 e. The van der Waals surface area contributed by atoms with Crippen LogP contribution in [-0.2, 0) is 0 Å². The molecule has 0 fully saturated rings. The molecule has 2 amide bonds. The summed E-state index contributed by atoms with van der Waals surface area (Å²) < 4.78 is 0. The largest absolute Gasteiger partial charge is 0.507 e. The van der Waals surface area contributed by atoms with Crippen molar-refractivity contribution in [2.24, 2.45) is 20.5 Å². The summed E-state index contributed by atoms with van der Waals surface area (Å²) in [6, 6.07) is 20.0. The van der Waals surface area contributed by atoms with Crippen LogP contribution in [-0.4, -0.2) is 68.0 Å². The molecule has 13 nitrogen and oxygen atoms in total. The molecular weight excluding hydrogens is 543 g/mol. The number of carboxylic acid groups (broad SMARTS) is 2. The number of phenols is 2. The molecule has 0 unspecified atom stereocenters. The van der Waals surface area contributed by atoms with Gasteiger partial charge in [0.2, 0.25) is 0 Å². The van der Waals surface area contributed by atoms with E-state index in [0.29, 0.717) is 22.7 Å². The van der Waals surface area contributed by atoms with Crippen molar-refractivity contribution in [2.75, 3.05) is 10.6 Å². The second-order valence-corrected chi connectivity index (χ2v) is 8.09. The molecular formula is C27H20N6NaO7. The van der Waals surface area contributed by atoms with Crippen LogP contribution in [0.4, 0.5) is 38.9 Å². The number of rotatable bonds is 8. The van der Waals surface area contributed by atoms with E-state index in [9.17, 15) is 24.6 Å². The topological polar surface area (TPSA) is 206 Å². The van der Waals surface area contributed by atoms with Gasteiger partial charge in [-0.25, -0.2) is 14.4 Å². The van der Waals surface area contributed by atoms with E-state index >= 15 is 0 Å². The van der Waals surface area contributed by atoms with Crippen LogP contribution in [0.5, 0.6) is 11.5 Å². The number of amides is 2. The summed E-state index contributed by atoms with van der Waals surface area (Å²) >= 11 is 0. The third kappa shape index (κ3) is 8.44. The van der Waals surface area contributed by atoms with Crippen molar-refractivity contribution in [1.29, 1.82) is 0 Å². The number of hydrogen-bond donors (Lipinski definition) is 6. The van der Waals surface area contributed by atoms with Gasteiger partial charge < -0.3 is 31.1 Å². The van der Waals surface area contributed by atoms with E-state index in [1.165, 1.54) is 36.4 Å². The van der Waals surface area contributed by atoms with Gasteiger partial charge in [0.05, 0.1) is 22.7 Å². The summed E-state index contributed by atoms with van der Waals surface area (Å²) in [5.74, 6) is -3.31.